The first kappa shape index (κ1) is 9.48. The average molecular weight is 141 g/mol. The largest absolute Gasteiger partial charge is 0.388 e. The van der Waals surface area contributed by atoms with Gasteiger partial charge in [0.2, 0.25) is 0 Å². The van der Waals surface area contributed by atoms with Crippen molar-refractivity contribution in [2.45, 2.75) is 31.8 Å². The van der Waals surface area contributed by atoms with Crippen LogP contribution in [0.15, 0.2) is 0 Å². The summed E-state index contributed by atoms with van der Waals surface area (Å²) >= 11 is 0. The summed E-state index contributed by atoms with van der Waals surface area (Å²) in [4.78, 5) is 0. The molecule has 0 aromatic heterocycles. The van der Waals surface area contributed by atoms with Gasteiger partial charge in [0, 0.05) is 13.0 Å². The van der Waals surface area contributed by atoms with E-state index in [9.17, 15) is 5.11 Å². The molecule has 0 aromatic carbocycles. The molecular weight excluding hydrogens is 126 g/mol. The summed E-state index contributed by atoms with van der Waals surface area (Å²) in [5.41, 5.74) is 4.52. The van der Waals surface area contributed by atoms with Gasteiger partial charge in [0.05, 0.1) is 5.60 Å². The van der Waals surface area contributed by atoms with E-state index >= 15 is 0 Å². The van der Waals surface area contributed by atoms with E-state index in [0.29, 0.717) is 12.8 Å². The number of hydrogen-bond acceptors (Lipinski definition) is 2. The lowest BCUT2D eigenvalue weighted by Crippen LogP contribution is -2.37. The van der Waals surface area contributed by atoms with Gasteiger partial charge in [0.25, 0.3) is 0 Å². The molecule has 0 rings (SSSR count). The zero-order valence-electron chi connectivity index (χ0n) is 6.43. The van der Waals surface area contributed by atoms with Crippen LogP contribution in [0.5, 0.6) is 0 Å². The zero-order chi connectivity index (χ0) is 8.04. The van der Waals surface area contributed by atoms with Gasteiger partial charge in [-0.25, -0.2) is 0 Å². The molecule has 0 amide bonds. The van der Waals surface area contributed by atoms with Crippen molar-refractivity contribution >= 4 is 0 Å². The third-order valence-electron chi connectivity index (χ3n) is 1.53. The van der Waals surface area contributed by atoms with E-state index in [1.54, 1.807) is 0 Å². The van der Waals surface area contributed by atoms with Crippen LogP contribution in [0, 0.1) is 12.3 Å². The second-order valence-corrected chi connectivity index (χ2v) is 2.56. The Hall–Kier alpha value is -0.520. The summed E-state index contributed by atoms with van der Waals surface area (Å²) in [5, 5.41) is 9.55. The molecule has 0 radical (unpaired) electrons. The predicted octanol–water partition coefficient (Wildman–Crippen LogP) is 0.500. The molecule has 0 aliphatic carbocycles. The first-order chi connectivity index (χ1) is 4.68. The SMILES string of the molecule is C#CCC(O)(CN)CCC. The van der Waals surface area contributed by atoms with Crippen LogP contribution in [-0.4, -0.2) is 17.3 Å². The van der Waals surface area contributed by atoms with E-state index in [1.165, 1.54) is 0 Å². The molecule has 10 heavy (non-hydrogen) atoms. The van der Waals surface area contributed by atoms with E-state index in [1.807, 2.05) is 6.92 Å². The zero-order valence-corrected chi connectivity index (χ0v) is 6.43. The van der Waals surface area contributed by atoms with E-state index in [-0.39, 0.29) is 6.54 Å². The van der Waals surface area contributed by atoms with Crippen LogP contribution in [0.1, 0.15) is 26.2 Å². The van der Waals surface area contributed by atoms with Crippen LogP contribution in [0.2, 0.25) is 0 Å². The number of nitrogens with two attached hydrogens (primary N) is 1. The molecule has 0 aliphatic rings. The maximum absolute atomic E-state index is 9.55. The minimum absolute atomic E-state index is 0.255. The molecule has 0 heterocycles. The van der Waals surface area contributed by atoms with Crippen LogP contribution >= 0.6 is 0 Å². The van der Waals surface area contributed by atoms with Crippen molar-refractivity contribution < 1.29 is 5.11 Å². The predicted molar refractivity (Wildman–Crippen MR) is 42.4 cm³/mol. The van der Waals surface area contributed by atoms with E-state index in [0.717, 1.165) is 6.42 Å². The van der Waals surface area contributed by atoms with Gasteiger partial charge in [0.1, 0.15) is 0 Å². The first-order valence-corrected chi connectivity index (χ1v) is 3.54. The molecular formula is C8H15NO. The molecule has 2 nitrogen and oxygen atoms in total. The molecule has 0 bridgehead atoms. The monoisotopic (exact) mass is 141 g/mol. The van der Waals surface area contributed by atoms with Crippen molar-refractivity contribution in [3.05, 3.63) is 0 Å². The van der Waals surface area contributed by atoms with E-state index in [2.05, 4.69) is 5.92 Å². The Morgan fingerprint density at radius 2 is 2.30 bits per heavy atom. The first-order valence-electron chi connectivity index (χ1n) is 3.54. The maximum Gasteiger partial charge on any atom is 0.0877 e. The van der Waals surface area contributed by atoms with Gasteiger partial charge >= 0.3 is 0 Å². The lowest BCUT2D eigenvalue weighted by atomic mass is 9.95. The topological polar surface area (TPSA) is 46.2 Å². The second-order valence-electron chi connectivity index (χ2n) is 2.56. The minimum atomic E-state index is -0.816. The van der Waals surface area contributed by atoms with Crippen molar-refractivity contribution in [2.24, 2.45) is 5.73 Å². The van der Waals surface area contributed by atoms with Crippen molar-refractivity contribution in [3.63, 3.8) is 0 Å². The fraction of sp³-hybridized carbons (Fsp3) is 0.750. The van der Waals surface area contributed by atoms with Gasteiger partial charge in [-0.05, 0) is 6.42 Å². The van der Waals surface area contributed by atoms with Gasteiger partial charge < -0.3 is 10.8 Å². The van der Waals surface area contributed by atoms with Crippen LogP contribution < -0.4 is 5.73 Å². The summed E-state index contributed by atoms with van der Waals surface area (Å²) in [5.74, 6) is 2.41. The fourth-order valence-electron chi connectivity index (χ4n) is 0.918. The maximum atomic E-state index is 9.55. The highest BCUT2D eigenvalue weighted by Crippen LogP contribution is 2.14. The second kappa shape index (κ2) is 4.32. The Balaban J connectivity index is 3.84. The number of rotatable bonds is 4. The van der Waals surface area contributed by atoms with Crippen molar-refractivity contribution in [1.29, 1.82) is 0 Å². The third-order valence-corrected chi connectivity index (χ3v) is 1.53. The van der Waals surface area contributed by atoms with Gasteiger partial charge in [-0.3, -0.25) is 0 Å². The Morgan fingerprint density at radius 1 is 1.70 bits per heavy atom. The van der Waals surface area contributed by atoms with Gasteiger partial charge in [-0.2, -0.15) is 0 Å². The Bertz CT molecular complexity index is 128. The molecule has 0 aromatic rings. The minimum Gasteiger partial charge on any atom is -0.388 e. The van der Waals surface area contributed by atoms with Crippen LogP contribution in [0.3, 0.4) is 0 Å². The summed E-state index contributed by atoms with van der Waals surface area (Å²) in [7, 11) is 0. The molecule has 0 spiro atoms. The fourth-order valence-corrected chi connectivity index (χ4v) is 0.918. The number of aliphatic hydroxyl groups is 1. The molecule has 0 saturated heterocycles. The highest BCUT2D eigenvalue weighted by atomic mass is 16.3. The Morgan fingerprint density at radius 3 is 2.60 bits per heavy atom. The molecule has 1 unspecified atom stereocenters. The molecule has 3 N–H and O–H groups in total. The number of hydrogen-bond donors (Lipinski definition) is 2. The van der Waals surface area contributed by atoms with Crippen molar-refractivity contribution in [3.8, 4) is 12.3 Å². The molecule has 0 fully saturated rings. The van der Waals surface area contributed by atoms with Gasteiger partial charge in [0.15, 0.2) is 0 Å². The molecule has 2 heteroatoms. The Kier molecular flexibility index (Phi) is 4.10. The molecule has 1 atom stereocenters. The van der Waals surface area contributed by atoms with Crippen LogP contribution in [0.25, 0.3) is 0 Å². The summed E-state index contributed by atoms with van der Waals surface area (Å²) < 4.78 is 0. The van der Waals surface area contributed by atoms with Crippen LogP contribution in [-0.2, 0) is 0 Å². The lowest BCUT2D eigenvalue weighted by molar-refractivity contribution is 0.0448. The quantitative estimate of drug-likeness (QED) is 0.560. The van der Waals surface area contributed by atoms with E-state index < -0.39 is 5.60 Å². The standard InChI is InChI=1S/C8H15NO/c1-3-5-8(10,7-9)6-4-2/h1,10H,4-7,9H2,2H3. The van der Waals surface area contributed by atoms with Gasteiger partial charge in [-0.1, -0.05) is 13.3 Å². The van der Waals surface area contributed by atoms with Crippen molar-refractivity contribution in [2.75, 3.05) is 6.54 Å². The van der Waals surface area contributed by atoms with E-state index in [4.69, 9.17) is 12.2 Å². The molecule has 0 saturated carbocycles. The highest BCUT2D eigenvalue weighted by Gasteiger charge is 2.21. The average Bonchev–Trinajstić information content (AvgIpc) is 1.89. The molecule has 0 aliphatic heterocycles. The smallest absolute Gasteiger partial charge is 0.0877 e. The summed E-state index contributed by atoms with van der Waals surface area (Å²) in [6.07, 6.45) is 7.01. The third kappa shape index (κ3) is 2.86. The normalized spacial score (nSPS) is 15.8. The van der Waals surface area contributed by atoms with Crippen LogP contribution in [0.4, 0.5) is 0 Å². The summed E-state index contributed by atoms with van der Waals surface area (Å²) in [6.45, 7) is 2.25. The molecule has 58 valence electrons. The highest BCUT2D eigenvalue weighted by molar-refractivity contribution is 4.95. The van der Waals surface area contributed by atoms with Crippen molar-refractivity contribution in [1.82, 2.24) is 0 Å². The number of terminal acetylenes is 1. The summed E-state index contributed by atoms with van der Waals surface area (Å²) in [6, 6.07) is 0. The van der Waals surface area contributed by atoms with Gasteiger partial charge in [-0.15, -0.1) is 12.3 Å². The Labute approximate surface area is 62.4 Å². The lowest BCUT2D eigenvalue weighted by Gasteiger charge is -2.22.